The van der Waals surface area contributed by atoms with Gasteiger partial charge < -0.3 is 14.8 Å². The zero-order valence-electron chi connectivity index (χ0n) is 11.2. The summed E-state index contributed by atoms with van der Waals surface area (Å²) in [5.74, 6) is 1.78. The van der Waals surface area contributed by atoms with Gasteiger partial charge in [0.2, 0.25) is 5.95 Å². The third-order valence-electron chi connectivity index (χ3n) is 3.41. The molecule has 2 rings (SSSR count). The van der Waals surface area contributed by atoms with Crippen LogP contribution in [0.15, 0.2) is 12.4 Å². The lowest BCUT2D eigenvalue weighted by atomic mass is 10.1. The number of nitrogens with zero attached hydrogens (tertiary/aromatic N) is 3. The molecule has 1 aliphatic heterocycles. The lowest BCUT2D eigenvalue weighted by Gasteiger charge is -2.16. The zero-order chi connectivity index (χ0) is 12.3. The van der Waals surface area contributed by atoms with Crippen LogP contribution in [-0.4, -0.2) is 40.1 Å². The molecule has 0 spiro atoms. The zero-order valence-corrected chi connectivity index (χ0v) is 11.2. The van der Waals surface area contributed by atoms with Crippen molar-refractivity contribution in [1.29, 1.82) is 0 Å². The largest absolute Gasteiger partial charge is 0.353 e. The Kier molecular flexibility index (Phi) is 4.05. The van der Waals surface area contributed by atoms with Gasteiger partial charge in [-0.1, -0.05) is 6.92 Å². The quantitative estimate of drug-likeness (QED) is 0.849. The van der Waals surface area contributed by atoms with Gasteiger partial charge in [-0.25, -0.2) is 4.98 Å². The van der Waals surface area contributed by atoms with Gasteiger partial charge >= 0.3 is 0 Å². The van der Waals surface area contributed by atoms with Gasteiger partial charge in [-0.2, -0.15) is 0 Å². The Labute approximate surface area is 104 Å². The van der Waals surface area contributed by atoms with E-state index in [-0.39, 0.29) is 0 Å². The smallest absolute Gasteiger partial charge is 0.202 e. The van der Waals surface area contributed by atoms with Gasteiger partial charge in [0.15, 0.2) is 0 Å². The maximum Gasteiger partial charge on any atom is 0.202 e. The van der Waals surface area contributed by atoms with Crippen LogP contribution in [0.4, 0.5) is 5.95 Å². The van der Waals surface area contributed by atoms with Crippen molar-refractivity contribution in [3.05, 3.63) is 12.4 Å². The molecule has 4 nitrogen and oxygen atoms in total. The Morgan fingerprint density at radius 1 is 1.53 bits per heavy atom. The van der Waals surface area contributed by atoms with Crippen molar-refractivity contribution in [2.24, 2.45) is 5.92 Å². The number of aromatic nitrogens is 2. The standard InChI is InChI=1S/C13H24N4/c1-4-16-7-5-12(9-16)10-17-8-6-14-13(17)15-11(2)3/h6,8,11-12H,4-5,7,9-10H2,1-3H3,(H,14,15). The van der Waals surface area contributed by atoms with Crippen molar-refractivity contribution in [1.82, 2.24) is 14.5 Å². The number of anilines is 1. The molecule has 4 heteroatoms. The number of likely N-dealkylation sites (tertiary alicyclic amines) is 1. The van der Waals surface area contributed by atoms with Crippen LogP contribution < -0.4 is 5.32 Å². The Morgan fingerprint density at radius 2 is 2.35 bits per heavy atom. The normalized spacial score (nSPS) is 21.3. The molecule has 1 aromatic rings. The van der Waals surface area contributed by atoms with Crippen LogP contribution in [0, 0.1) is 5.92 Å². The van der Waals surface area contributed by atoms with Gasteiger partial charge in [0.05, 0.1) is 0 Å². The molecule has 1 saturated heterocycles. The van der Waals surface area contributed by atoms with Crippen LogP contribution in [0.5, 0.6) is 0 Å². The first kappa shape index (κ1) is 12.4. The Morgan fingerprint density at radius 3 is 3.00 bits per heavy atom. The second kappa shape index (κ2) is 5.54. The summed E-state index contributed by atoms with van der Waals surface area (Å²) in [6.45, 7) is 11.3. The van der Waals surface area contributed by atoms with E-state index < -0.39 is 0 Å². The summed E-state index contributed by atoms with van der Waals surface area (Å²) < 4.78 is 2.25. The van der Waals surface area contributed by atoms with Gasteiger partial charge in [-0.15, -0.1) is 0 Å². The Balaban J connectivity index is 1.92. The summed E-state index contributed by atoms with van der Waals surface area (Å²) in [6, 6.07) is 0.437. The molecule has 1 aliphatic rings. The van der Waals surface area contributed by atoms with Crippen molar-refractivity contribution in [3.8, 4) is 0 Å². The van der Waals surface area contributed by atoms with E-state index in [1.54, 1.807) is 0 Å². The predicted molar refractivity (Wildman–Crippen MR) is 71.2 cm³/mol. The molecule has 0 radical (unpaired) electrons. The Bertz CT molecular complexity index is 345. The molecule has 17 heavy (non-hydrogen) atoms. The molecule has 1 fully saturated rings. The molecule has 0 amide bonds. The van der Waals surface area contributed by atoms with Crippen molar-refractivity contribution in [2.45, 2.75) is 39.8 Å². The van der Waals surface area contributed by atoms with E-state index in [1.165, 1.54) is 26.1 Å². The number of hydrogen-bond donors (Lipinski definition) is 1. The molecule has 1 N–H and O–H groups in total. The number of imidazole rings is 1. The fraction of sp³-hybridized carbons (Fsp3) is 0.769. The molecule has 1 atom stereocenters. The summed E-state index contributed by atoms with van der Waals surface area (Å²) in [6.07, 6.45) is 5.28. The second-order valence-corrected chi connectivity index (χ2v) is 5.25. The minimum absolute atomic E-state index is 0.437. The maximum absolute atomic E-state index is 4.38. The van der Waals surface area contributed by atoms with Crippen LogP contribution in [0.1, 0.15) is 27.2 Å². The molecule has 2 heterocycles. The molecule has 0 saturated carbocycles. The van der Waals surface area contributed by atoms with Gasteiger partial charge in [0, 0.05) is 31.5 Å². The first-order valence-corrected chi connectivity index (χ1v) is 6.69. The highest BCUT2D eigenvalue weighted by Gasteiger charge is 2.22. The summed E-state index contributed by atoms with van der Waals surface area (Å²) in [5.41, 5.74) is 0. The minimum atomic E-state index is 0.437. The summed E-state index contributed by atoms with van der Waals surface area (Å²) in [5, 5.41) is 3.39. The fourth-order valence-electron chi connectivity index (χ4n) is 2.48. The minimum Gasteiger partial charge on any atom is -0.353 e. The van der Waals surface area contributed by atoms with E-state index in [1.807, 2.05) is 6.20 Å². The van der Waals surface area contributed by atoms with E-state index in [0.717, 1.165) is 18.4 Å². The van der Waals surface area contributed by atoms with E-state index >= 15 is 0 Å². The fourth-order valence-corrected chi connectivity index (χ4v) is 2.48. The van der Waals surface area contributed by atoms with E-state index in [2.05, 4.69) is 46.7 Å². The lowest BCUT2D eigenvalue weighted by molar-refractivity contribution is 0.333. The second-order valence-electron chi connectivity index (χ2n) is 5.25. The highest BCUT2D eigenvalue weighted by molar-refractivity contribution is 5.26. The third kappa shape index (κ3) is 3.22. The van der Waals surface area contributed by atoms with Crippen LogP contribution in [0.2, 0.25) is 0 Å². The Hall–Kier alpha value is -1.03. The van der Waals surface area contributed by atoms with Crippen LogP contribution in [-0.2, 0) is 6.54 Å². The molecule has 1 unspecified atom stereocenters. The molecule has 1 aromatic heterocycles. The lowest BCUT2D eigenvalue weighted by Crippen LogP contribution is -2.22. The van der Waals surface area contributed by atoms with Crippen LogP contribution in [0.25, 0.3) is 0 Å². The first-order chi connectivity index (χ1) is 8.19. The molecule has 96 valence electrons. The van der Waals surface area contributed by atoms with Crippen molar-refractivity contribution < 1.29 is 0 Å². The van der Waals surface area contributed by atoms with Crippen molar-refractivity contribution in [3.63, 3.8) is 0 Å². The van der Waals surface area contributed by atoms with Gasteiger partial charge in [-0.3, -0.25) is 0 Å². The van der Waals surface area contributed by atoms with Gasteiger partial charge in [0.25, 0.3) is 0 Å². The average molecular weight is 236 g/mol. The van der Waals surface area contributed by atoms with Crippen LogP contribution in [0.3, 0.4) is 0 Å². The molecule has 0 aliphatic carbocycles. The van der Waals surface area contributed by atoms with E-state index in [0.29, 0.717) is 6.04 Å². The average Bonchev–Trinajstić information content (AvgIpc) is 2.89. The maximum atomic E-state index is 4.38. The van der Waals surface area contributed by atoms with Gasteiger partial charge in [-0.05, 0) is 39.3 Å². The molecular formula is C13H24N4. The van der Waals surface area contributed by atoms with Crippen molar-refractivity contribution in [2.75, 3.05) is 25.0 Å². The van der Waals surface area contributed by atoms with E-state index in [9.17, 15) is 0 Å². The number of hydrogen-bond acceptors (Lipinski definition) is 3. The SMILES string of the molecule is CCN1CCC(Cn2ccnc2NC(C)C)C1. The highest BCUT2D eigenvalue weighted by atomic mass is 15.2. The first-order valence-electron chi connectivity index (χ1n) is 6.69. The molecule has 0 aromatic carbocycles. The molecule has 0 bridgehead atoms. The third-order valence-corrected chi connectivity index (χ3v) is 3.41. The summed E-state index contributed by atoms with van der Waals surface area (Å²) in [4.78, 5) is 6.90. The summed E-state index contributed by atoms with van der Waals surface area (Å²) in [7, 11) is 0. The number of nitrogens with one attached hydrogen (secondary N) is 1. The van der Waals surface area contributed by atoms with E-state index in [4.69, 9.17) is 0 Å². The van der Waals surface area contributed by atoms with Crippen molar-refractivity contribution >= 4 is 5.95 Å². The monoisotopic (exact) mass is 236 g/mol. The predicted octanol–water partition coefficient (Wildman–Crippen LogP) is 2.05. The molecular weight excluding hydrogens is 212 g/mol. The topological polar surface area (TPSA) is 33.1 Å². The van der Waals surface area contributed by atoms with Crippen LogP contribution >= 0.6 is 0 Å². The van der Waals surface area contributed by atoms with Gasteiger partial charge in [0.1, 0.15) is 0 Å². The summed E-state index contributed by atoms with van der Waals surface area (Å²) >= 11 is 0. The highest BCUT2D eigenvalue weighted by Crippen LogP contribution is 2.19. The number of rotatable bonds is 5.